The molecule has 1 saturated heterocycles. The molecule has 0 spiro atoms. The Bertz CT molecular complexity index is 1710. The van der Waals surface area contributed by atoms with Crippen LogP contribution >= 0.6 is 0 Å². The van der Waals surface area contributed by atoms with Crippen LogP contribution in [0.25, 0.3) is 10.8 Å². The summed E-state index contributed by atoms with van der Waals surface area (Å²) in [6.07, 6.45) is 1.84. The highest BCUT2D eigenvalue weighted by Crippen LogP contribution is 2.17. The Morgan fingerprint density at radius 3 is 1.90 bits per heavy atom. The van der Waals surface area contributed by atoms with Gasteiger partial charge in [0, 0.05) is 19.4 Å². The van der Waals surface area contributed by atoms with Gasteiger partial charge in [-0.25, -0.2) is 0 Å². The number of carbonyl (C=O) groups excluding carboxylic acids is 5. The van der Waals surface area contributed by atoms with Gasteiger partial charge >= 0.3 is 0 Å². The molecule has 4 rings (SSSR count). The summed E-state index contributed by atoms with van der Waals surface area (Å²) >= 11 is 0. The van der Waals surface area contributed by atoms with Gasteiger partial charge in [0.05, 0.1) is 6.54 Å². The molecule has 1 aliphatic rings. The summed E-state index contributed by atoms with van der Waals surface area (Å²) < 4.78 is 0. The normalized spacial score (nSPS) is 20.5. The second kappa shape index (κ2) is 18.9. The van der Waals surface area contributed by atoms with Gasteiger partial charge in [-0.2, -0.15) is 0 Å². The molecule has 3 aromatic carbocycles. The third kappa shape index (κ3) is 12.0. The molecule has 1 heterocycles. The minimum atomic E-state index is -1.14. The molecule has 4 atom stereocenters. The number of amides is 5. The van der Waals surface area contributed by atoms with Crippen molar-refractivity contribution >= 4 is 46.3 Å². The van der Waals surface area contributed by atoms with Gasteiger partial charge < -0.3 is 48.9 Å². The number of phenolic OH excluding ortho intramolecular Hbond substituents is 1. The first-order valence-electron chi connectivity index (χ1n) is 17.0. The van der Waals surface area contributed by atoms with E-state index < -0.39 is 60.2 Å². The van der Waals surface area contributed by atoms with Gasteiger partial charge in [-0.05, 0) is 72.7 Å². The Morgan fingerprint density at radius 1 is 0.667 bits per heavy atom. The molecule has 15 heteroatoms. The highest BCUT2D eigenvalue weighted by molar-refractivity contribution is 5.97. The van der Waals surface area contributed by atoms with Crippen molar-refractivity contribution in [3.05, 3.63) is 77.9 Å². The van der Waals surface area contributed by atoms with E-state index in [2.05, 4.69) is 31.6 Å². The van der Waals surface area contributed by atoms with Crippen molar-refractivity contribution in [2.45, 2.75) is 69.1 Å². The molecule has 12 N–H and O–H groups in total. The number of aliphatic imine (C=N–C) groups is 1. The number of benzene rings is 3. The van der Waals surface area contributed by atoms with Gasteiger partial charge in [-0.15, -0.1) is 0 Å². The second-order valence-corrected chi connectivity index (χ2v) is 12.5. The average molecular weight is 702 g/mol. The lowest BCUT2D eigenvalue weighted by molar-refractivity contribution is -0.134. The molecule has 0 aromatic heterocycles. The molecular weight excluding hydrogens is 654 g/mol. The van der Waals surface area contributed by atoms with E-state index in [-0.39, 0.29) is 43.9 Å². The van der Waals surface area contributed by atoms with Crippen LogP contribution in [0.15, 0.2) is 71.7 Å². The molecule has 51 heavy (non-hydrogen) atoms. The number of nitrogens with two attached hydrogens (primary N) is 3. The van der Waals surface area contributed by atoms with E-state index in [1.54, 1.807) is 12.1 Å². The lowest BCUT2D eigenvalue weighted by atomic mass is 10.0. The third-order valence-corrected chi connectivity index (χ3v) is 8.50. The van der Waals surface area contributed by atoms with E-state index >= 15 is 0 Å². The Kier molecular flexibility index (Phi) is 14.1. The first-order valence-corrected chi connectivity index (χ1v) is 17.0. The van der Waals surface area contributed by atoms with Crippen LogP contribution in [0.2, 0.25) is 0 Å². The number of nitrogens with one attached hydrogen (secondary N) is 5. The minimum absolute atomic E-state index is 0.0288. The van der Waals surface area contributed by atoms with E-state index in [0.717, 1.165) is 16.3 Å². The van der Waals surface area contributed by atoms with Crippen LogP contribution in [-0.4, -0.2) is 84.4 Å². The highest BCUT2D eigenvalue weighted by atomic mass is 16.3. The molecule has 5 amide bonds. The van der Waals surface area contributed by atoms with Gasteiger partial charge in [0.2, 0.25) is 29.5 Å². The number of fused-ring (bicyclic) bond motifs is 1. The third-order valence-electron chi connectivity index (χ3n) is 8.50. The number of carbonyl (C=O) groups is 5. The van der Waals surface area contributed by atoms with E-state index in [9.17, 15) is 29.1 Å². The first kappa shape index (κ1) is 38.1. The summed E-state index contributed by atoms with van der Waals surface area (Å²) in [7, 11) is 0. The quantitative estimate of drug-likeness (QED) is 0.0674. The van der Waals surface area contributed by atoms with Crippen LogP contribution in [-0.2, 0) is 36.8 Å². The predicted octanol–water partition coefficient (Wildman–Crippen LogP) is -0.418. The SMILES string of the molecule is NCCCCC1NC(=O)C(Cc2ccc(O)cc2)NC(=O)CNC(=O)C(Cc2ccc3ccccc3c2)NC(=O)C(CCCN=C(N)N)NC1=O. The molecular formula is C36H47N9O6. The fraction of sp³-hybridized carbons (Fsp3) is 0.389. The number of hydrogen-bond donors (Lipinski definition) is 9. The first-order chi connectivity index (χ1) is 24.5. The number of hydrogen-bond acceptors (Lipinski definition) is 8. The predicted molar refractivity (Wildman–Crippen MR) is 193 cm³/mol. The van der Waals surface area contributed by atoms with Crippen LogP contribution in [0.4, 0.5) is 0 Å². The molecule has 0 aliphatic carbocycles. The number of rotatable bonds is 12. The lowest BCUT2D eigenvalue weighted by Crippen LogP contribution is -2.58. The molecule has 0 radical (unpaired) electrons. The van der Waals surface area contributed by atoms with Crippen LogP contribution in [0.1, 0.15) is 43.2 Å². The molecule has 1 fully saturated rings. The average Bonchev–Trinajstić information content (AvgIpc) is 3.11. The minimum Gasteiger partial charge on any atom is -0.508 e. The molecule has 272 valence electrons. The van der Waals surface area contributed by atoms with Crippen molar-refractivity contribution in [1.29, 1.82) is 0 Å². The molecule has 0 bridgehead atoms. The summed E-state index contributed by atoms with van der Waals surface area (Å²) in [6.45, 7) is 0.0744. The zero-order chi connectivity index (χ0) is 36.8. The topological polar surface area (TPSA) is 256 Å². The van der Waals surface area contributed by atoms with Crippen molar-refractivity contribution in [3.63, 3.8) is 0 Å². The summed E-state index contributed by atoms with van der Waals surface area (Å²) in [5.41, 5.74) is 18.0. The summed E-state index contributed by atoms with van der Waals surface area (Å²) in [5.74, 6) is -3.28. The van der Waals surface area contributed by atoms with E-state index in [1.807, 2.05) is 42.5 Å². The Morgan fingerprint density at radius 2 is 1.24 bits per heavy atom. The zero-order valence-electron chi connectivity index (χ0n) is 28.4. The van der Waals surface area contributed by atoms with Gasteiger partial charge in [0.1, 0.15) is 29.9 Å². The Balaban J connectivity index is 1.67. The number of phenols is 1. The zero-order valence-corrected chi connectivity index (χ0v) is 28.4. The summed E-state index contributed by atoms with van der Waals surface area (Å²) in [6, 6.07) is 15.1. The molecule has 15 nitrogen and oxygen atoms in total. The second-order valence-electron chi connectivity index (χ2n) is 12.5. The van der Waals surface area contributed by atoms with Crippen molar-refractivity contribution in [1.82, 2.24) is 26.6 Å². The maximum absolute atomic E-state index is 13.9. The number of guanidine groups is 1. The van der Waals surface area contributed by atoms with Gasteiger partial charge in [0.25, 0.3) is 0 Å². The van der Waals surface area contributed by atoms with Crippen LogP contribution < -0.4 is 43.8 Å². The number of nitrogens with zero attached hydrogens (tertiary/aromatic N) is 1. The van der Waals surface area contributed by atoms with E-state index in [1.165, 1.54) is 12.1 Å². The standard InChI is InChI=1S/C36H47N9O6/c37-16-4-3-8-27-33(49)43-28(9-5-17-40-36(38)39)34(50)45-29(20-23-10-13-24-6-1-2-7-25(24)18-23)32(48)41-21-31(47)42-30(35(51)44-27)19-22-11-14-26(46)15-12-22/h1-2,6-7,10-15,18,27-30,46H,3-5,8-9,16-17,19-21,37H2,(H,41,48)(H,42,47)(H,43,49)(H,44,51)(H,45,50)(H4,38,39,40). The van der Waals surface area contributed by atoms with Gasteiger partial charge in [0.15, 0.2) is 5.96 Å². The maximum atomic E-state index is 13.9. The van der Waals surface area contributed by atoms with Crippen LogP contribution in [0, 0.1) is 0 Å². The summed E-state index contributed by atoms with van der Waals surface area (Å²) in [4.78, 5) is 72.2. The summed E-state index contributed by atoms with van der Waals surface area (Å²) in [5, 5.41) is 25.2. The largest absolute Gasteiger partial charge is 0.508 e. The van der Waals surface area contributed by atoms with Crippen molar-refractivity contribution < 1.29 is 29.1 Å². The van der Waals surface area contributed by atoms with Crippen LogP contribution in [0.3, 0.4) is 0 Å². The fourth-order valence-corrected chi connectivity index (χ4v) is 5.77. The van der Waals surface area contributed by atoms with Crippen molar-refractivity contribution in [3.8, 4) is 5.75 Å². The fourth-order valence-electron chi connectivity index (χ4n) is 5.77. The molecule has 4 unspecified atom stereocenters. The van der Waals surface area contributed by atoms with Gasteiger partial charge in [-0.3, -0.25) is 29.0 Å². The Labute approximate surface area is 296 Å². The monoisotopic (exact) mass is 701 g/mol. The lowest BCUT2D eigenvalue weighted by Gasteiger charge is -2.26. The van der Waals surface area contributed by atoms with Crippen molar-refractivity contribution in [2.24, 2.45) is 22.2 Å². The highest BCUT2D eigenvalue weighted by Gasteiger charge is 2.32. The van der Waals surface area contributed by atoms with Crippen LogP contribution in [0.5, 0.6) is 5.75 Å². The number of aromatic hydroxyl groups is 1. The number of unbranched alkanes of at least 4 members (excludes halogenated alkanes) is 1. The van der Waals surface area contributed by atoms with Crippen molar-refractivity contribution in [2.75, 3.05) is 19.6 Å². The maximum Gasteiger partial charge on any atom is 0.243 e. The van der Waals surface area contributed by atoms with Gasteiger partial charge in [-0.1, -0.05) is 54.6 Å². The Hall–Kier alpha value is -5.70. The smallest absolute Gasteiger partial charge is 0.243 e. The molecule has 3 aromatic rings. The molecule has 1 aliphatic heterocycles. The van der Waals surface area contributed by atoms with E-state index in [4.69, 9.17) is 17.2 Å². The molecule has 0 saturated carbocycles. The van der Waals surface area contributed by atoms with E-state index in [0.29, 0.717) is 31.4 Å².